The Morgan fingerprint density at radius 3 is 2.64 bits per heavy atom. The van der Waals surface area contributed by atoms with Gasteiger partial charge in [-0.05, 0) is 62.6 Å². The van der Waals surface area contributed by atoms with Crippen LogP contribution in [-0.2, 0) is 19.6 Å². The molecule has 1 amide bonds. The molecule has 0 aliphatic carbocycles. The average molecular weight is 495 g/mol. The van der Waals surface area contributed by atoms with Crippen molar-refractivity contribution in [3.63, 3.8) is 0 Å². The molecule has 2 aromatic carbocycles. The highest BCUT2D eigenvalue weighted by molar-refractivity contribution is 7.89. The number of carbonyl (C=O) groups is 2. The van der Waals surface area contributed by atoms with Gasteiger partial charge in [-0.15, -0.1) is 0 Å². The molecule has 1 unspecified atom stereocenters. The lowest BCUT2D eigenvalue weighted by molar-refractivity contribution is -0.119. The van der Waals surface area contributed by atoms with Gasteiger partial charge in [-0.3, -0.25) is 4.79 Å². The van der Waals surface area contributed by atoms with Crippen LogP contribution in [0.4, 0.5) is 5.69 Å². The zero-order valence-corrected chi connectivity index (χ0v) is 20.3. The van der Waals surface area contributed by atoms with Crippen molar-refractivity contribution in [1.82, 2.24) is 4.31 Å². The number of hydrogen-bond donors (Lipinski definition) is 1. The van der Waals surface area contributed by atoms with Crippen LogP contribution in [0.2, 0.25) is 5.02 Å². The molecule has 0 aromatic heterocycles. The van der Waals surface area contributed by atoms with Crippen LogP contribution in [0.3, 0.4) is 0 Å². The Kier molecular flexibility index (Phi) is 7.99. The molecule has 1 aliphatic heterocycles. The van der Waals surface area contributed by atoms with E-state index in [0.717, 1.165) is 19.3 Å². The van der Waals surface area contributed by atoms with Crippen molar-refractivity contribution in [1.29, 1.82) is 0 Å². The minimum Gasteiger partial charge on any atom is -0.495 e. The molecule has 0 bridgehead atoms. The molecule has 1 fully saturated rings. The Balaban J connectivity index is 1.71. The number of anilines is 1. The number of hydrogen-bond acceptors (Lipinski definition) is 6. The van der Waals surface area contributed by atoms with E-state index in [1.54, 1.807) is 25.1 Å². The normalized spacial score (nSPS) is 16.8. The summed E-state index contributed by atoms with van der Waals surface area (Å²) in [7, 11) is -2.30. The van der Waals surface area contributed by atoms with Crippen molar-refractivity contribution in [3.8, 4) is 5.75 Å². The molecule has 1 N–H and O–H groups in total. The summed E-state index contributed by atoms with van der Waals surface area (Å²) >= 11 is 5.95. The molecule has 0 saturated carbocycles. The lowest BCUT2D eigenvalue weighted by Gasteiger charge is -2.32. The quantitative estimate of drug-likeness (QED) is 0.583. The Morgan fingerprint density at radius 2 is 1.94 bits per heavy atom. The summed E-state index contributed by atoms with van der Waals surface area (Å²) in [6, 6.07) is 8.99. The minimum atomic E-state index is -3.75. The molecule has 10 heteroatoms. The monoisotopic (exact) mass is 494 g/mol. The maximum atomic E-state index is 13.1. The number of esters is 1. The van der Waals surface area contributed by atoms with Crippen LogP contribution in [0.1, 0.15) is 42.1 Å². The number of halogens is 1. The summed E-state index contributed by atoms with van der Waals surface area (Å²) in [5.74, 6) is -0.975. The first-order valence-corrected chi connectivity index (χ1v) is 12.4. The van der Waals surface area contributed by atoms with Gasteiger partial charge in [0.2, 0.25) is 10.0 Å². The van der Waals surface area contributed by atoms with Gasteiger partial charge in [-0.2, -0.15) is 4.31 Å². The van der Waals surface area contributed by atoms with Crippen molar-refractivity contribution in [2.45, 2.75) is 44.0 Å². The number of ether oxygens (including phenoxy) is 2. The van der Waals surface area contributed by atoms with E-state index in [9.17, 15) is 18.0 Å². The summed E-state index contributed by atoms with van der Waals surface area (Å²) in [6.45, 7) is 3.44. The topological polar surface area (TPSA) is 102 Å². The van der Waals surface area contributed by atoms with E-state index in [1.165, 1.54) is 29.6 Å². The third kappa shape index (κ3) is 5.85. The summed E-state index contributed by atoms with van der Waals surface area (Å²) < 4.78 is 38.1. The van der Waals surface area contributed by atoms with Gasteiger partial charge in [0.05, 0.1) is 23.3 Å². The highest BCUT2D eigenvalue weighted by Gasteiger charge is 2.31. The lowest BCUT2D eigenvalue weighted by atomic mass is 10.1. The fourth-order valence-corrected chi connectivity index (χ4v) is 5.62. The lowest BCUT2D eigenvalue weighted by Crippen LogP contribution is -2.41. The van der Waals surface area contributed by atoms with Crippen LogP contribution < -0.4 is 10.1 Å². The zero-order chi connectivity index (χ0) is 24.2. The van der Waals surface area contributed by atoms with Gasteiger partial charge in [0, 0.05) is 17.6 Å². The molecule has 8 nitrogen and oxygen atoms in total. The van der Waals surface area contributed by atoms with Gasteiger partial charge in [0.25, 0.3) is 5.91 Å². The molecule has 1 atom stereocenters. The standard InChI is InChI=1S/C23H27ClN2O6S/c1-15-7-9-18(33(29,30)26-11-5-4-6-16(26)2)13-19(15)23(28)32-14-22(27)25-20-12-17(24)8-10-21(20)31-3/h7-10,12-13,16H,4-6,11,14H2,1-3H3,(H,25,27). The van der Waals surface area contributed by atoms with E-state index >= 15 is 0 Å². The Bertz CT molecular complexity index is 1150. The molecular formula is C23H27ClN2O6S. The molecular weight excluding hydrogens is 468 g/mol. The largest absolute Gasteiger partial charge is 0.495 e. The Hall–Kier alpha value is -2.62. The smallest absolute Gasteiger partial charge is 0.338 e. The number of nitrogens with zero attached hydrogens (tertiary/aromatic N) is 1. The van der Waals surface area contributed by atoms with Gasteiger partial charge in [0.1, 0.15) is 5.75 Å². The maximum Gasteiger partial charge on any atom is 0.338 e. The van der Waals surface area contributed by atoms with Crippen LogP contribution >= 0.6 is 11.6 Å². The predicted molar refractivity (Wildman–Crippen MR) is 125 cm³/mol. The van der Waals surface area contributed by atoms with Crippen molar-refractivity contribution >= 4 is 39.2 Å². The SMILES string of the molecule is COc1ccc(Cl)cc1NC(=O)COC(=O)c1cc(S(=O)(=O)N2CCCCC2C)ccc1C. The van der Waals surface area contributed by atoms with E-state index in [0.29, 0.717) is 28.6 Å². The van der Waals surface area contributed by atoms with Gasteiger partial charge >= 0.3 is 5.97 Å². The van der Waals surface area contributed by atoms with Crippen molar-refractivity contribution in [2.24, 2.45) is 0 Å². The van der Waals surface area contributed by atoms with Crippen molar-refractivity contribution in [3.05, 3.63) is 52.5 Å². The van der Waals surface area contributed by atoms with E-state index in [1.807, 2.05) is 6.92 Å². The number of nitrogens with one attached hydrogen (secondary N) is 1. The summed E-state index contributed by atoms with van der Waals surface area (Å²) in [5, 5.41) is 2.98. The Labute approximate surface area is 198 Å². The van der Waals surface area contributed by atoms with Crippen LogP contribution in [-0.4, -0.2) is 50.9 Å². The second-order valence-electron chi connectivity index (χ2n) is 7.91. The summed E-state index contributed by atoms with van der Waals surface area (Å²) in [4.78, 5) is 25.0. The predicted octanol–water partition coefficient (Wildman–Crippen LogP) is 4.02. The number of rotatable bonds is 7. The number of carbonyl (C=O) groups excluding carboxylic acids is 2. The fourth-order valence-electron chi connectivity index (χ4n) is 3.72. The van der Waals surface area contributed by atoms with Crippen LogP contribution in [0, 0.1) is 6.92 Å². The summed E-state index contributed by atoms with van der Waals surface area (Å²) in [6.07, 6.45) is 2.59. The first-order valence-electron chi connectivity index (χ1n) is 10.6. The number of amides is 1. The van der Waals surface area contributed by atoms with E-state index in [4.69, 9.17) is 21.1 Å². The zero-order valence-electron chi connectivity index (χ0n) is 18.8. The van der Waals surface area contributed by atoms with Gasteiger partial charge < -0.3 is 14.8 Å². The number of aryl methyl sites for hydroxylation is 1. The fraction of sp³-hybridized carbons (Fsp3) is 0.391. The van der Waals surface area contributed by atoms with E-state index in [-0.39, 0.29) is 16.5 Å². The van der Waals surface area contributed by atoms with Crippen molar-refractivity contribution < 1.29 is 27.5 Å². The molecule has 0 radical (unpaired) electrons. The van der Waals surface area contributed by atoms with Crippen LogP contribution in [0.15, 0.2) is 41.3 Å². The molecule has 1 saturated heterocycles. The molecule has 33 heavy (non-hydrogen) atoms. The highest BCUT2D eigenvalue weighted by atomic mass is 35.5. The molecule has 3 rings (SSSR count). The van der Waals surface area contributed by atoms with Gasteiger partial charge in [-0.1, -0.05) is 24.1 Å². The van der Waals surface area contributed by atoms with E-state index < -0.39 is 28.5 Å². The second kappa shape index (κ2) is 10.5. The molecule has 0 spiro atoms. The maximum absolute atomic E-state index is 13.1. The first-order chi connectivity index (χ1) is 15.6. The minimum absolute atomic E-state index is 0.0296. The second-order valence-corrected chi connectivity index (χ2v) is 10.2. The summed E-state index contributed by atoms with van der Waals surface area (Å²) in [5.41, 5.74) is 0.974. The van der Waals surface area contributed by atoms with Gasteiger partial charge in [-0.25, -0.2) is 13.2 Å². The third-order valence-corrected chi connectivity index (χ3v) is 7.79. The third-order valence-electron chi connectivity index (χ3n) is 5.55. The van der Waals surface area contributed by atoms with Crippen molar-refractivity contribution in [2.75, 3.05) is 25.6 Å². The molecule has 2 aromatic rings. The Morgan fingerprint density at radius 1 is 1.18 bits per heavy atom. The molecule has 178 valence electrons. The highest BCUT2D eigenvalue weighted by Crippen LogP contribution is 2.28. The van der Waals surface area contributed by atoms with Crippen LogP contribution in [0.25, 0.3) is 0 Å². The number of sulfonamides is 1. The molecule has 1 aliphatic rings. The average Bonchev–Trinajstić information content (AvgIpc) is 2.78. The van der Waals surface area contributed by atoms with Gasteiger partial charge in [0.15, 0.2) is 6.61 Å². The number of methoxy groups -OCH3 is 1. The number of benzene rings is 2. The van der Waals surface area contributed by atoms with Crippen LogP contribution in [0.5, 0.6) is 5.75 Å². The molecule has 1 heterocycles. The van der Waals surface area contributed by atoms with E-state index in [2.05, 4.69) is 5.32 Å². The number of piperidine rings is 1. The first kappa shape index (κ1) is 25.0.